The average Bonchev–Trinajstić information content (AvgIpc) is 2.64. The molecule has 1 atom stereocenters. The maximum absolute atomic E-state index is 6.07. The molecule has 150 valence electrons. The first-order chi connectivity index (χ1) is 12.7. The molecular formula is C23H41NO2. The Labute approximate surface area is 161 Å². The molecule has 0 saturated heterocycles. The first kappa shape index (κ1) is 23.1. The van der Waals surface area contributed by atoms with E-state index < -0.39 is 5.79 Å². The minimum absolute atomic E-state index is 0.359. The molecule has 3 nitrogen and oxygen atoms in total. The van der Waals surface area contributed by atoms with E-state index >= 15 is 0 Å². The normalized spacial score (nSPS) is 13.1. The van der Waals surface area contributed by atoms with Crippen LogP contribution in [0.1, 0.15) is 78.2 Å². The summed E-state index contributed by atoms with van der Waals surface area (Å²) < 4.78 is 12.1. The summed E-state index contributed by atoms with van der Waals surface area (Å²) in [4.78, 5) is 0. The predicted molar refractivity (Wildman–Crippen MR) is 111 cm³/mol. The fourth-order valence-corrected chi connectivity index (χ4v) is 3.56. The Kier molecular flexibility index (Phi) is 12.6. The number of benzene rings is 1. The molecule has 0 aromatic heterocycles. The zero-order valence-corrected chi connectivity index (χ0v) is 17.6. The van der Waals surface area contributed by atoms with Crippen LogP contribution in [-0.2, 0) is 16.0 Å². The van der Waals surface area contributed by atoms with Gasteiger partial charge in [-0.3, -0.25) is 0 Å². The van der Waals surface area contributed by atoms with Gasteiger partial charge in [0.05, 0.1) is 0 Å². The van der Waals surface area contributed by atoms with E-state index in [0.717, 1.165) is 19.5 Å². The SMILES string of the molecule is CCCCCCCCC(CNCc1ccccc1)C(C)(OCC)OCC. The molecule has 1 aromatic carbocycles. The molecule has 0 radical (unpaired) electrons. The average molecular weight is 364 g/mol. The summed E-state index contributed by atoms with van der Waals surface area (Å²) in [6, 6.07) is 10.6. The van der Waals surface area contributed by atoms with Crippen molar-refractivity contribution in [2.24, 2.45) is 5.92 Å². The Hall–Kier alpha value is -0.900. The van der Waals surface area contributed by atoms with Gasteiger partial charge in [0.25, 0.3) is 0 Å². The summed E-state index contributed by atoms with van der Waals surface area (Å²) in [5, 5.41) is 3.63. The lowest BCUT2D eigenvalue weighted by Crippen LogP contribution is -2.45. The number of unbranched alkanes of at least 4 members (excludes halogenated alkanes) is 5. The van der Waals surface area contributed by atoms with Crippen LogP contribution in [0.3, 0.4) is 0 Å². The Morgan fingerprint density at radius 1 is 0.885 bits per heavy atom. The van der Waals surface area contributed by atoms with E-state index in [0.29, 0.717) is 19.1 Å². The summed E-state index contributed by atoms with van der Waals surface area (Å²) in [5.41, 5.74) is 1.32. The van der Waals surface area contributed by atoms with Crippen molar-refractivity contribution >= 4 is 0 Å². The first-order valence-electron chi connectivity index (χ1n) is 10.7. The molecule has 0 bridgehead atoms. The number of nitrogens with one attached hydrogen (secondary N) is 1. The molecule has 0 aliphatic heterocycles. The number of rotatable bonds is 16. The van der Waals surface area contributed by atoms with Crippen molar-refractivity contribution in [1.82, 2.24) is 5.32 Å². The van der Waals surface area contributed by atoms with E-state index in [4.69, 9.17) is 9.47 Å². The second-order valence-corrected chi connectivity index (χ2v) is 7.25. The molecule has 0 aliphatic carbocycles. The molecular weight excluding hydrogens is 322 g/mol. The summed E-state index contributed by atoms with van der Waals surface area (Å²) in [6.07, 6.45) is 9.07. The van der Waals surface area contributed by atoms with Gasteiger partial charge in [0, 0.05) is 32.2 Å². The van der Waals surface area contributed by atoms with Crippen LogP contribution >= 0.6 is 0 Å². The fraction of sp³-hybridized carbons (Fsp3) is 0.739. The van der Waals surface area contributed by atoms with Crippen LogP contribution in [0.25, 0.3) is 0 Å². The Morgan fingerprint density at radius 3 is 2.12 bits per heavy atom. The lowest BCUT2D eigenvalue weighted by atomic mass is 9.92. The number of ether oxygens (including phenoxy) is 2. The topological polar surface area (TPSA) is 30.5 Å². The molecule has 0 heterocycles. The Morgan fingerprint density at radius 2 is 1.50 bits per heavy atom. The lowest BCUT2D eigenvalue weighted by molar-refractivity contribution is -0.252. The van der Waals surface area contributed by atoms with Crippen LogP contribution in [0, 0.1) is 5.92 Å². The quantitative estimate of drug-likeness (QED) is 0.291. The minimum atomic E-state index is -0.503. The molecule has 0 amide bonds. The van der Waals surface area contributed by atoms with E-state index in [9.17, 15) is 0 Å². The van der Waals surface area contributed by atoms with Gasteiger partial charge in [0.15, 0.2) is 5.79 Å². The molecule has 3 heteroatoms. The smallest absolute Gasteiger partial charge is 0.169 e. The van der Waals surface area contributed by atoms with Gasteiger partial charge in [-0.25, -0.2) is 0 Å². The fourth-order valence-electron chi connectivity index (χ4n) is 3.56. The monoisotopic (exact) mass is 363 g/mol. The van der Waals surface area contributed by atoms with Crippen molar-refractivity contribution in [2.75, 3.05) is 19.8 Å². The molecule has 0 fully saturated rings. The third-order valence-electron chi connectivity index (χ3n) is 5.07. The van der Waals surface area contributed by atoms with Crippen LogP contribution in [0.15, 0.2) is 30.3 Å². The van der Waals surface area contributed by atoms with Gasteiger partial charge in [0.2, 0.25) is 0 Å². The maximum Gasteiger partial charge on any atom is 0.169 e. The molecule has 1 rings (SSSR count). The Balaban J connectivity index is 2.55. The van der Waals surface area contributed by atoms with Crippen LogP contribution in [0.2, 0.25) is 0 Å². The number of hydrogen-bond acceptors (Lipinski definition) is 3. The van der Waals surface area contributed by atoms with Crippen LogP contribution in [0.5, 0.6) is 0 Å². The van der Waals surface area contributed by atoms with Gasteiger partial charge >= 0.3 is 0 Å². The zero-order valence-electron chi connectivity index (χ0n) is 17.6. The van der Waals surface area contributed by atoms with Crippen LogP contribution < -0.4 is 5.32 Å². The zero-order chi connectivity index (χ0) is 19.1. The van der Waals surface area contributed by atoms with Gasteiger partial charge < -0.3 is 14.8 Å². The van der Waals surface area contributed by atoms with Gasteiger partial charge in [-0.05, 0) is 32.8 Å². The summed E-state index contributed by atoms with van der Waals surface area (Å²) >= 11 is 0. The van der Waals surface area contributed by atoms with E-state index in [1.54, 1.807) is 0 Å². The predicted octanol–water partition coefficient (Wildman–Crippen LogP) is 5.93. The molecule has 0 saturated carbocycles. The van der Waals surface area contributed by atoms with Crippen LogP contribution in [-0.4, -0.2) is 25.5 Å². The molecule has 1 aromatic rings. The maximum atomic E-state index is 6.07. The van der Waals surface area contributed by atoms with Crippen molar-refractivity contribution in [3.8, 4) is 0 Å². The third kappa shape index (κ3) is 9.16. The van der Waals surface area contributed by atoms with Crippen molar-refractivity contribution in [2.45, 2.75) is 85.0 Å². The van der Waals surface area contributed by atoms with Crippen molar-refractivity contribution in [3.63, 3.8) is 0 Å². The summed E-state index contributed by atoms with van der Waals surface area (Å²) in [6.45, 7) is 11.7. The summed E-state index contributed by atoms with van der Waals surface area (Å²) in [5.74, 6) is -0.145. The van der Waals surface area contributed by atoms with E-state index in [-0.39, 0.29) is 0 Å². The van der Waals surface area contributed by atoms with Gasteiger partial charge in [0.1, 0.15) is 0 Å². The summed E-state index contributed by atoms with van der Waals surface area (Å²) in [7, 11) is 0. The highest BCUT2D eigenvalue weighted by Gasteiger charge is 2.35. The van der Waals surface area contributed by atoms with E-state index in [1.807, 2.05) is 0 Å². The van der Waals surface area contributed by atoms with E-state index in [1.165, 1.54) is 44.1 Å². The largest absolute Gasteiger partial charge is 0.350 e. The molecule has 1 unspecified atom stereocenters. The lowest BCUT2D eigenvalue weighted by Gasteiger charge is -2.37. The highest BCUT2D eigenvalue weighted by atomic mass is 16.7. The van der Waals surface area contributed by atoms with Crippen molar-refractivity contribution < 1.29 is 9.47 Å². The van der Waals surface area contributed by atoms with Crippen molar-refractivity contribution in [3.05, 3.63) is 35.9 Å². The molecule has 26 heavy (non-hydrogen) atoms. The minimum Gasteiger partial charge on any atom is -0.350 e. The Bertz CT molecular complexity index is 429. The van der Waals surface area contributed by atoms with Crippen LogP contribution in [0.4, 0.5) is 0 Å². The second-order valence-electron chi connectivity index (χ2n) is 7.25. The first-order valence-corrected chi connectivity index (χ1v) is 10.7. The molecule has 0 spiro atoms. The molecule has 0 aliphatic rings. The number of hydrogen-bond donors (Lipinski definition) is 1. The second kappa shape index (κ2) is 14.2. The van der Waals surface area contributed by atoms with Gasteiger partial charge in [-0.2, -0.15) is 0 Å². The molecule has 1 N–H and O–H groups in total. The van der Waals surface area contributed by atoms with E-state index in [2.05, 4.69) is 63.3 Å². The third-order valence-corrected chi connectivity index (χ3v) is 5.07. The standard InChI is InChI=1S/C23H41NO2/c1-5-8-9-10-11-15-18-22(23(4,25-6-2)26-7-3)20-24-19-21-16-13-12-14-17-21/h12-14,16-17,22,24H,5-11,15,18-20H2,1-4H3. The highest BCUT2D eigenvalue weighted by Crippen LogP contribution is 2.28. The highest BCUT2D eigenvalue weighted by molar-refractivity contribution is 5.14. The van der Waals surface area contributed by atoms with Gasteiger partial charge in [-0.15, -0.1) is 0 Å². The van der Waals surface area contributed by atoms with Crippen molar-refractivity contribution in [1.29, 1.82) is 0 Å². The van der Waals surface area contributed by atoms with Gasteiger partial charge in [-0.1, -0.05) is 75.8 Å².